The first kappa shape index (κ1) is 12.4. The molecular weight excluding hydrogens is 326 g/mol. The first-order chi connectivity index (χ1) is 9.19. The van der Waals surface area contributed by atoms with Crippen LogP contribution in [0.15, 0.2) is 44.9 Å². The van der Waals surface area contributed by atoms with Gasteiger partial charge in [0, 0.05) is 22.4 Å². The zero-order chi connectivity index (χ0) is 13.4. The van der Waals surface area contributed by atoms with Gasteiger partial charge in [0.15, 0.2) is 5.78 Å². The lowest BCUT2D eigenvalue weighted by Gasteiger charge is -1.96. The van der Waals surface area contributed by atoms with Gasteiger partial charge >= 0.3 is 0 Å². The fourth-order valence-electron chi connectivity index (χ4n) is 2.20. The molecule has 3 nitrogen and oxygen atoms in total. The summed E-state index contributed by atoms with van der Waals surface area (Å²) in [6.45, 7) is 0. The minimum Gasteiger partial charge on any atom is -0.289 e. The molecule has 0 N–H and O–H groups in total. The van der Waals surface area contributed by atoms with Crippen molar-refractivity contribution in [3.8, 4) is 0 Å². The molecule has 0 aliphatic heterocycles. The Morgan fingerprint density at radius 3 is 2.79 bits per heavy atom. The minimum absolute atomic E-state index is 0.00924. The molecule has 1 heterocycles. The average Bonchev–Trinajstić information content (AvgIpc) is 2.95. The summed E-state index contributed by atoms with van der Waals surface area (Å²) in [6, 6.07) is 8.98. The number of nitrogens with zero attached hydrogens (tertiary/aromatic N) is 1. The molecule has 5 heteroatoms. The first-order valence-electron chi connectivity index (χ1n) is 5.65. The van der Waals surface area contributed by atoms with E-state index in [1.807, 2.05) is 18.2 Å². The molecule has 3 rings (SSSR count). The summed E-state index contributed by atoms with van der Waals surface area (Å²) in [5.74, 6) is -0.00924. The molecule has 0 bridgehead atoms. The average molecular weight is 334 g/mol. The number of Topliss-reactive ketones (excluding diaryl/α,β-unsaturated/α-hetero) is 1. The van der Waals surface area contributed by atoms with E-state index in [1.54, 1.807) is 29.5 Å². The quantitative estimate of drug-likeness (QED) is 0.589. The lowest BCUT2D eigenvalue weighted by molar-refractivity contribution is 0.104. The van der Waals surface area contributed by atoms with Crippen LogP contribution in [0.4, 0.5) is 5.69 Å². The Labute approximate surface area is 122 Å². The predicted molar refractivity (Wildman–Crippen MR) is 79.9 cm³/mol. The Kier molecular flexibility index (Phi) is 3.16. The van der Waals surface area contributed by atoms with Crippen LogP contribution in [0.3, 0.4) is 0 Å². The summed E-state index contributed by atoms with van der Waals surface area (Å²) >= 11 is 4.96. The van der Waals surface area contributed by atoms with Gasteiger partial charge < -0.3 is 0 Å². The summed E-state index contributed by atoms with van der Waals surface area (Å²) in [6.07, 6.45) is 2.36. The fourth-order valence-corrected chi connectivity index (χ4v) is 3.59. The maximum atomic E-state index is 12.3. The number of hydrogen-bond acceptors (Lipinski definition) is 4. The standard InChI is InChI=1S/C14H8BrNO2S/c15-13-5-4-9(19-13)6-8-7-11-10(14(8)17)2-1-3-12(11)16-18/h1-6H,7H2/b8-6+. The van der Waals surface area contributed by atoms with E-state index in [0.29, 0.717) is 23.2 Å². The smallest absolute Gasteiger partial charge is 0.189 e. The van der Waals surface area contributed by atoms with Crippen LogP contribution < -0.4 is 0 Å². The third kappa shape index (κ3) is 2.19. The van der Waals surface area contributed by atoms with E-state index in [9.17, 15) is 9.70 Å². The van der Waals surface area contributed by atoms with Gasteiger partial charge in [-0.25, -0.2) is 0 Å². The van der Waals surface area contributed by atoms with E-state index in [0.717, 1.165) is 14.2 Å². The zero-order valence-corrected chi connectivity index (χ0v) is 12.1. The third-order valence-corrected chi connectivity index (χ3v) is 4.63. The molecule has 1 aromatic heterocycles. The molecule has 0 atom stereocenters. The highest BCUT2D eigenvalue weighted by Gasteiger charge is 2.27. The van der Waals surface area contributed by atoms with Gasteiger partial charge in [0.1, 0.15) is 5.69 Å². The number of allylic oxidation sites excluding steroid dienone is 1. The molecular formula is C14H8BrNO2S. The second kappa shape index (κ2) is 4.83. The number of rotatable bonds is 2. The molecule has 2 aromatic rings. The number of hydrogen-bond donors (Lipinski definition) is 0. The Hall–Kier alpha value is -1.59. The number of benzene rings is 1. The number of ketones is 1. The van der Waals surface area contributed by atoms with Crippen LogP contribution in [-0.2, 0) is 6.42 Å². The molecule has 19 heavy (non-hydrogen) atoms. The molecule has 0 unspecified atom stereocenters. The summed E-state index contributed by atoms with van der Waals surface area (Å²) in [5, 5.41) is 2.99. The largest absolute Gasteiger partial charge is 0.289 e. The number of carbonyl (C=O) groups excluding carboxylic acids is 1. The number of thiophene rings is 1. The van der Waals surface area contributed by atoms with Crippen molar-refractivity contribution in [2.75, 3.05) is 0 Å². The summed E-state index contributed by atoms with van der Waals surface area (Å²) < 4.78 is 1.03. The van der Waals surface area contributed by atoms with E-state index in [-0.39, 0.29) is 5.78 Å². The molecule has 0 radical (unpaired) electrons. The summed E-state index contributed by atoms with van der Waals surface area (Å²) in [7, 11) is 0. The van der Waals surface area contributed by atoms with E-state index in [2.05, 4.69) is 21.1 Å². The second-order valence-corrected chi connectivity index (χ2v) is 6.71. The van der Waals surface area contributed by atoms with Crippen LogP contribution in [-0.4, -0.2) is 5.78 Å². The minimum atomic E-state index is -0.00924. The molecule has 0 saturated carbocycles. The Balaban J connectivity index is 2.04. The molecule has 0 spiro atoms. The van der Waals surface area contributed by atoms with Crippen molar-refractivity contribution < 1.29 is 4.79 Å². The topological polar surface area (TPSA) is 46.5 Å². The van der Waals surface area contributed by atoms with Gasteiger partial charge in [0.25, 0.3) is 0 Å². The van der Waals surface area contributed by atoms with Crippen LogP contribution in [0.5, 0.6) is 0 Å². The van der Waals surface area contributed by atoms with E-state index >= 15 is 0 Å². The van der Waals surface area contributed by atoms with Gasteiger partial charge in [-0.05, 0) is 50.9 Å². The van der Waals surface area contributed by atoms with E-state index < -0.39 is 0 Å². The van der Waals surface area contributed by atoms with Crippen LogP contribution in [0.25, 0.3) is 6.08 Å². The maximum absolute atomic E-state index is 12.3. The first-order valence-corrected chi connectivity index (χ1v) is 7.26. The molecule has 1 aliphatic carbocycles. The lowest BCUT2D eigenvalue weighted by atomic mass is 10.1. The van der Waals surface area contributed by atoms with Gasteiger partial charge in [-0.15, -0.1) is 16.2 Å². The number of halogens is 1. The van der Waals surface area contributed by atoms with Gasteiger partial charge in [0.2, 0.25) is 0 Å². The van der Waals surface area contributed by atoms with Crippen molar-refractivity contribution >= 4 is 44.8 Å². The third-order valence-electron chi connectivity index (χ3n) is 3.06. The number of fused-ring (bicyclic) bond motifs is 1. The Bertz CT molecular complexity index is 718. The predicted octanol–water partition coefficient (Wildman–Crippen LogP) is 4.73. The number of carbonyl (C=O) groups is 1. The maximum Gasteiger partial charge on any atom is 0.189 e. The van der Waals surface area contributed by atoms with Gasteiger partial charge in [-0.3, -0.25) is 4.79 Å². The second-order valence-electron chi connectivity index (χ2n) is 4.21. The molecule has 0 saturated heterocycles. The monoisotopic (exact) mass is 333 g/mol. The van der Waals surface area contributed by atoms with Crippen molar-refractivity contribution in [2.24, 2.45) is 5.18 Å². The highest BCUT2D eigenvalue weighted by molar-refractivity contribution is 9.11. The van der Waals surface area contributed by atoms with Crippen LogP contribution in [0.1, 0.15) is 20.8 Å². The Morgan fingerprint density at radius 2 is 2.11 bits per heavy atom. The lowest BCUT2D eigenvalue weighted by Crippen LogP contribution is -1.94. The van der Waals surface area contributed by atoms with Crippen molar-refractivity contribution in [3.05, 3.63) is 60.6 Å². The van der Waals surface area contributed by atoms with Gasteiger partial charge in [0.05, 0.1) is 3.79 Å². The highest BCUT2D eigenvalue weighted by Crippen LogP contribution is 2.35. The normalized spacial score (nSPS) is 15.8. The van der Waals surface area contributed by atoms with Crippen molar-refractivity contribution in [1.29, 1.82) is 0 Å². The van der Waals surface area contributed by atoms with E-state index in [4.69, 9.17) is 0 Å². The zero-order valence-electron chi connectivity index (χ0n) is 9.72. The van der Waals surface area contributed by atoms with Crippen molar-refractivity contribution in [2.45, 2.75) is 6.42 Å². The molecule has 0 fully saturated rings. The fraction of sp³-hybridized carbons (Fsp3) is 0.0714. The van der Waals surface area contributed by atoms with Crippen molar-refractivity contribution in [3.63, 3.8) is 0 Å². The molecule has 0 amide bonds. The molecule has 1 aromatic carbocycles. The van der Waals surface area contributed by atoms with Crippen LogP contribution >= 0.6 is 27.3 Å². The van der Waals surface area contributed by atoms with E-state index in [1.165, 1.54) is 0 Å². The summed E-state index contributed by atoms with van der Waals surface area (Å²) in [5.41, 5.74) is 2.41. The van der Waals surface area contributed by atoms with Crippen LogP contribution in [0, 0.1) is 4.91 Å². The van der Waals surface area contributed by atoms with Crippen molar-refractivity contribution in [1.82, 2.24) is 0 Å². The van der Waals surface area contributed by atoms with Gasteiger partial charge in [-0.2, -0.15) is 0 Å². The summed E-state index contributed by atoms with van der Waals surface area (Å²) in [4.78, 5) is 24.0. The Morgan fingerprint density at radius 1 is 1.26 bits per heavy atom. The highest BCUT2D eigenvalue weighted by atomic mass is 79.9. The van der Waals surface area contributed by atoms with Gasteiger partial charge in [-0.1, -0.05) is 12.1 Å². The molecule has 1 aliphatic rings. The molecule has 94 valence electrons. The number of nitroso groups, excluding NO2 is 1. The van der Waals surface area contributed by atoms with Crippen LogP contribution in [0.2, 0.25) is 0 Å². The SMILES string of the molecule is O=Nc1cccc2c1C/C(=C\c1ccc(Br)s1)C2=O.